The third-order valence-electron chi connectivity index (χ3n) is 7.39. The van der Waals surface area contributed by atoms with E-state index in [1.807, 2.05) is 0 Å². The van der Waals surface area contributed by atoms with Crippen molar-refractivity contribution in [3.63, 3.8) is 0 Å². The lowest BCUT2D eigenvalue weighted by Crippen LogP contribution is -2.30. The number of ether oxygens (including phenoxy) is 1. The molecule has 1 nitrogen and oxygen atoms in total. The maximum atomic E-state index is 14.9. The first-order valence-electron chi connectivity index (χ1n) is 11.3. The Hall–Kier alpha value is -1.97. The summed E-state index contributed by atoms with van der Waals surface area (Å²) in [5.74, 6) is 0.718. The fraction of sp³-hybridized carbons (Fsp3) is 0.538. The summed E-state index contributed by atoms with van der Waals surface area (Å²) in [5.41, 5.74) is 0.763. The van der Waals surface area contributed by atoms with Crippen LogP contribution in [0.25, 0.3) is 11.1 Å². The van der Waals surface area contributed by atoms with Gasteiger partial charge < -0.3 is 4.74 Å². The van der Waals surface area contributed by atoms with E-state index in [0.29, 0.717) is 5.92 Å². The molecule has 0 aromatic heterocycles. The topological polar surface area (TPSA) is 9.23 Å². The predicted octanol–water partition coefficient (Wildman–Crippen LogP) is 7.88. The molecule has 2 aromatic carbocycles. The minimum atomic E-state index is -0.630. The molecule has 0 N–H and O–H groups in total. The number of halogens is 3. The standard InChI is InChI=1S/C26H31F3O/c1-3-4-16-5-6-18-12-19(8-7-17(18)11-16)21-14-23(28)26(24(29)15-21)20-9-10-25(30-2)22(27)13-20/h9-10,13-19H,3-8,11-12H2,1-2H3. The molecule has 0 aliphatic heterocycles. The van der Waals surface area contributed by atoms with Gasteiger partial charge in [0.15, 0.2) is 11.6 Å². The van der Waals surface area contributed by atoms with E-state index in [1.165, 1.54) is 63.5 Å². The van der Waals surface area contributed by atoms with Gasteiger partial charge in [-0.1, -0.05) is 32.3 Å². The number of benzene rings is 2. The Morgan fingerprint density at radius 3 is 2.23 bits per heavy atom. The van der Waals surface area contributed by atoms with Crippen molar-refractivity contribution < 1.29 is 17.9 Å². The molecule has 2 saturated carbocycles. The van der Waals surface area contributed by atoms with Crippen LogP contribution in [-0.2, 0) is 0 Å². The summed E-state index contributed by atoms with van der Waals surface area (Å²) < 4.78 is 48.8. The number of hydrogen-bond acceptors (Lipinski definition) is 1. The molecular weight excluding hydrogens is 385 g/mol. The van der Waals surface area contributed by atoms with Gasteiger partial charge in [0.25, 0.3) is 0 Å². The third-order valence-corrected chi connectivity index (χ3v) is 7.39. The van der Waals surface area contributed by atoms with E-state index in [2.05, 4.69) is 6.92 Å². The molecule has 2 aliphatic carbocycles. The van der Waals surface area contributed by atoms with Gasteiger partial charge in [-0.25, -0.2) is 13.2 Å². The largest absolute Gasteiger partial charge is 0.494 e. The summed E-state index contributed by atoms with van der Waals surface area (Å²) in [6.07, 6.45) is 9.64. The maximum absolute atomic E-state index is 14.9. The Balaban J connectivity index is 1.52. The van der Waals surface area contributed by atoms with Gasteiger partial charge in [0, 0.05) is 0 Å². The Bertz CT molecular complexity index is 871. The summed E-state index contributed by atoms with van der Waals surface area (Å²) in [5, 5.41) is 0. The van der Waals surface area contributed by atoms with E-state index in [9.17, 15) is 13.2 Å². The highest BCUT2D eigenvalue weighted by Gasteiger charge is 2.36. The van der Waals surface area contributed by atoms with Gasteiger partial charge in [-0.05, 0) is 91.2 Å². The lowest BCUT2D eigenvalue weighted by atomic mass is 9.63. The molecule has 2 aromatic rings. The fourth-order valence-electron chi connectivity index (χ4n) is 5.89. The number of fused-ring (bicyclic) bond motifs is 1. The SMILES string of the molecule is CCCC1CCC2CC(c3cc(F)c(-c4ccc(OC)c(F)c4)c(F)c3)CCC2C1. The maximum Gasteiger partial charge on any atom is 0.165 e. The van der Waals surface area contributed by atoms with E-state index in [4.69, 9.17) is 4.74 Å². The zero-order chi connectivity index (χ0) is 21.3. The highest BCUT2D eigenvalue weighted by Crippen LogP contribution is 2.48. The minimum absolute atomic E-state index is 0.0570. The van der Waals surface area contributed by atoms with Crippen LogP contribution in [0.1, 0.15) is 69.8 Å². The highest BCUT2D eigenvalue weighted by molar-refractivity contribution is 5.66. The van der Waals surface area contributed by atoms with Crippen LogP contribution in [0.5, 0.6) is 5.75 Å². The molecule has 0 bridgehead atoms. The second kappa shape index (κ2) is 9.03. The molecule has 0 heterocycles. The van der Waals surface area contributed by atoms with E-state index in [-0.39, 0.29) is 22.8 Å². The molecule has 4 atom stereocenters. The molecule has 4 heteroatoms. The average molecular weight is 417 g/mol. The normalized spacial score (nSPS) is 26.3. The zero-order valence-corrected chi connectivity index (χ0v) is 17.9. The van der Waals surface area contributed by atoms with Gasteiger partial charge in [-0.3, -0.25) is 0 Å². The van der Waals surface area contributed by atoms with Crippen molar-refractivity contribution in [2.45, 2.75) is 64.2 Å². The number of hydrogen-bond donors (Lipinski definition) is 0. The first kappa shape index (κ1) is 21.3. The van der Waals surface area contributed by atoms with Gasteiger partial charge in [0.2, 0.25) is 0 Å². The van der Waals surface area contributed by atoms with Crippen LogP contribution < -0.4 is 4.74 Å². The molecule has 4 rings (SSSR count). The quantitative estimate of drug-likeness (QED) is 0.482. The molecule has 30 heavy (non-hydrogen) atoms. The van der Waals surface area contributed by atoms with Crippen molar-refractivity contribution in [2.24, 2.45) is 17.8 Å². The Labute approximate surface area is 177 Å². The second-order valence-corrected chi connectivity index (χ2v) is 9.21. The monoisotopic (exact) mass is 416 g/mol. The lowest BCUT2D eigenvalue weighted by molar-refractivity contribution is 0.114. The Morgan fingerprint density at radius 2 is 1.57 bits per heavy atom. The zero-order valence-electron chi connectivity index (χ0n) is 17.9. The van der Waals surface area contributed by atoms with Crippen molar-refractivity contribution in [3.8, 4) is 16.9 Å². The Kier molecular flexibility index (Phi) is 6.40. The van der Waals surface area contributed by atoms with E-state index >= 15 is 0 Å². The number of rotatable bonds is 5. The van der Waals surface area contributed by atoms with Crippen LogP contribution in [0.3, 0.4) is 0 Å². The first-order chi connectivity index (χ1) is 14.5. The van der Waals surface area contributed by atoms with E-state index < -0.39 is 17.5 Å². The second-order valence-electron chi connectivity index (χ2n) is 9.21. The Morgan fingerprint density at radius 1 is 0.867 bits per heavy atom. The summed E-state index contributed by atoms with van der Waals surface area (Å²) in [4.78, 5) is 0. The van der Waals surface area contributed by atoms with Gasteiger partial charge >= 0.3 is 0 Å². The van der Waals surface area contributed by atoms with Gasteiger partial charge in [-0.2, -0.15) is 0 Å². The van der Waals surface area contributed by atoms with E-state index in [0.717, 1.165) is 42.7 Å². The fourth-order valence-corrected chi connectivity index (χ4v) is 5.89. The van der Waals surface area contributed by atoms with Crippen LogP contribution in [0.2, 0.25) is 0 Å². The summed E-state index contributed by atoms with van der Waals surface area (Å²) in [7, 11) is 1.36. The third kappa shape index (κ3) is 4.24. The predicted molar refractivity (Wildman–Crippen MR) is 114 cm³/mol. The molecule has 2 aliphatic rings. The molecular formula is C26H31F3O. The van der Waals surface area contributed by atoms with Crippen LogP contribution in [-0.4, -0.2) is 7.11 Å². The van der Waals surface area contributed by atoms with Gasteiger partial charge in [0.05, 0.1) is 12.7 Å². The van der Waals surface area contributed by atoms with Crippen LogP contribution in [0, 0.1) is 35.2 Å². The molecule has 4 unspecified atom stereocenters. The number of methoxy groups -OCH3 is 1. The smallest absolute Gasteiger partial charge is 0.165 e. The van der Waals surface area contributed by atoms with E-state index in [1.54, 1.807) is 0 Å². The molecule has 0 spiro atoms. The molecule has 0 amide bonds. The van der Waals surface area contributed by atoms with Crippen molar-refractivity contribution in [1.82, 2.24) is 0 Å². The summed E-state index contributed by atoms with van der Waals surface area (Å²) >= 11 is 0. The van der Waals surface area contributed by atoms with Crippen LogP contribution >= 0.6 is 0 Å². The van der Waals surface area contributed by atoms with Crippen LogP contribution in [0.4, 0.5) is 13.2 Å². The van der Waals surface area contributed by atoms with Gasteiger partial charge in [-0.15, -0.1) is 0 Å². The first-order valence-corrected chi connectivity index (χ1v) is 11.3. The van der Waals surface area contributed by atoms with Crippen LogP contribution in [0.15, 0.2) is 30.3 Å². The van der Waals surface area contributed by atoms with Crippen molar-refractivity contribution >= 4 is 0 Å². The molecule has 0 saturated heterocycles. The summed E-state index contributed by atoms with van der Waals surface area (Å²) in [6.45, 7) is 2.26. The summed E-state index contributed by atoms with van der Waals surface area (Å²) in [6, 6.07) is 6.94. The van der Waals surface area contributed by atoms with Crippen molar-refractivity contribution in [1.29, 1.82) is 0 Å². The molecule has 162 valence electrons. The average Bonchev–Trinajstić information content (AvgIpc) is 2.73. The van der Waals surface area contributed by atoms with Crippen molar-refractivity contribution in [3.05, 3.63) is 53.3 Å². The molecule has 2 fully saturated rings. The van der Waals surface area contributed by atoms with Gasteiger partial charge in [0.1, 0.15) is 11.6 Å². The van der Waals surface area contributed by atoms with Crippen molar-refractivity contribution in [2.75, 3.05) is 7.11 Å². The highest BCUT2D eigenvalue weighted by atomic mass is 19.1. The molecule has 0 radical (unpaired) electrons. The lowest BCUT2D eigenvalue weighted by Gasteiger charge is -2.42. The minimum Gasteiger partial charge on any atom is -0.494 e.